The molecule has 7 heteroatoms. The molecule has 1 heterocycles. The number of hydrogen-bond acceptors (Lipinski definition) is 3. The first-order valence-electron chi connectivity index (χ1n) is 4.91. The van der Waals surface area contributed by atoms with Crippen LogP contribution < -0.4 is 0 Å². The molecule has 1 aliphatic rings. The van der Waals surface area contributed by atoms with Crippen molar-refractivity contribution in [3.05, 3.63) is 35.4 Å². The van der Waals surface area contributed by atoms with Gasteiger partial charge in [0.1, 0.15) is 4.20 Å². The molecule has 18 heavy (non-hydrogen) atoms. The second-order valence-electron chi connectivity index (χ2n) is 3.75. The first kappa shape index (κ1) is 13.1. The van der Waals surface area contributed by atoms with E-state index >= 15 is 0 Å². The molecule has 2 rings (SSSR count). The van der Waals surface area contributed by atoms with E-state index in [1.165, 1.54) is 12.1 Å². The summed E-state index contributed by atoms with van der Waals surface area (Å²) in [6.45, 7) is -1.08. The highest BCUT2D eigenvalue weighted by Crippen LogP contribution is 2.27. The van der Waals surface area contributed by atoms with Crippen LogP contribution in [-0.4, -0.2) is 33.4 Å². The Labute approximate surface area is 112 Å². The number of halogens is 2. The summed E-state index contributed by atoms with van der Waals surface area (Å²) in [7, 11) is 0. The largest absolute Gasteiger partial charge is 0.306 e. The lowest BCUT2D eigenvalue weighted by Gasteiger charge is -2.20. The molecule has 0 bridgehead atoms. The predicted molar refractivity (Wildman–Crippen MR) is 68.3 cm³/mol. The molecule has 0 saturated carbocycles. The van der Waals surface area contributed by atoms with Crippen molar-refractivity contribution in [2.45, 2.75) is 5.92 Å². The first-order chi connectivity index (χ1) is 8.34. The number of thiocarbonyl (C=S) groups is 1. The van der Waals surface area contributed by atoms with Gasteiger partial charge in [-0.2, -0.15) is 8.78 Å². The zero-order chi connectivity index (χ0) is 13.5. The minimum absolute atomic E-state index is 0.128. The van der Waals surface area contributed by atoms with Gasteiger partial charge >= 0.3 is 5.92 Å². The summed E-state index contributed by atoms with van der Waals surface area (Å²) in [5.41, 5.74) is 0.256. The SMILES string of the molecule is O=C1c2ccccc2C(=O)N1CC(F)(F)C(=S)S. The van der Waals surface area contributed by atoms with E-state index in [0.717, 1.165) is 0 Å². The fourth-order valence-electron chi connectivity index (χ4n) is 1.65. The summed E-state index contributed by atoms with van der Waals surface area (Å²) in [5, 5.41) is 0. The van der Waals surface area contributed by atoms with E-state index in [1.807, 2.05) is 0 Å². The van der Waals surface area contributed by atoms with E-state index in [-0.39, 0.29) is 11.1 Å². The van der Waals surface area contributed by atoms with Gasteiger partial charge in [0, 0.05) is 0 Å². The zero-order valence-electron chi connectivity index (χ0n) is 8.89. The highest BCUT2D eigenvalue weighted by atomic mass is 32.1. The van der Waals surface area contributed by atoms with Crippen molar-refractivity contribution in [2.75, 3.05) is 6.54 Å². The molecular weight excluding hydrogens is 280 g/mol. The Kier molecular flexibility index (Phi) is 3.20. The van der Waals surface area contributed by atoms with Crippen LogP contribution in [0, 0.1) is 0 Å². The Morgan fingerprint density at radius 3 is 2.06 bits per heavy atom. The van der Waals surface area contributed by atoms with Crippen LogP contribution in [0.15, 0.2) is 24.3 Å². The molecule has 0 aromatic heterocycles. The van der Waals surface area contributed by atoms with Gasteiger partial charge in [0.25, 0.3) is 11.8 Å². The summed E-state index contributed by atoms with van der Waals surface area (Å²) >= 11 is 7.70. The number of carbonyl (C=O) groups excluding carboxylic acids is 2. The molecule has 94 valence electrons. The van der Waals surface area contributed by atoms with Crippen molar-refractivity contribution in [2.24, 2.45) is 0 Å². The summed E-state index contributed by atoms with van der Waals surface area (Å²) in [6.07, 6.45) is 0. The van der Waals surface area contributed by atoms with Crippen molar-refractivity contribution in [1.82, 2.24) is 4.90 Å². The van der Waals surface area contributed by atoms with Crippen molar-refractivity contribution < 1.29 is 18.4 Å². The number of carbonyl (C=O) groups is 2. The number of benzene rings is 1. The molecule has 1 aliphatic heterocycles. The Morgan fingerprint density at radius 1 is 1.22 bits per heavy atom. The predicted octanol–water partition coefficient (Wildman–Crippen LogP) is 2.18. The number of rotatable bonds is 3. The van der Waals surface area contributed by atoms with Gasteiger partial charge in [0.15, 0.2) is 0 Å². The summed E-state index contributed by atoms with van der Waals surface area (Å²) in [6, 6.07) is 5.98. The van der Waals surface area contributed by atoms with Gasteiger partial charge in [-0.15, -0.1) is 12.6 Å². The summed E-state index contributed by atoms with van der Waals surface area (Å²) < 4.78 is 26.0. The van der Waals surface area contributed by atoms with Gasteiger partial charge in [-0.1, -0.05) is 24.4 Å². The third-order valence-corrected chi connectivity index (χ3v) is 3.17. The lowest BCUT2D eigenvalue weighted by molar-refractivity contribution is 0.0303. The average Bonchev–Trinajstić information content (AvgIpc) is 2.55. The van der Waals surface area contributed by atoms with E-state index in [0.29, 0.717) is 4.90 Å². The van der Waals surface area contributed by atoms with Crippen molar-refractivity contribution in [3.8, 4) is 0 Å². The van der Waals surface area contributed by atoms with Crippen LogP contribution in [0.25, 0.3) is 0 Å². The number of amides is 2. The van der Waals surface area contributed by atoms with E-state index in [2.05, 4.69) is 24.8 Å². The standard InChI is InChI=1S/C11H7F2NO2S2/c12-11(13,10(17)18)5-14-8(15)6-3-1-2-4-7(6)9(14)16/h1-4H,5H2,(H,17,18). The number of alkyl halides is 2. The second-order valence-corrected chi connectivity index (χ2v) is 4.91. The highest BCUT2D eigenvalue weighted by Gasteiger charge is 2.43. The fraction of sp³-hybridized carbons (Fsp3) is 0.182. The van der Waals surface area contributed by atoms with Gasteiger partial charge in [-0.05, 0) is 12.1 Å². The van der Waals surface area contributed by atoms with Gasteiger partial charge in [-0.25, -0.2) is 0 Å². The van der Waals surface area contributed by atoms with E-state index in [1.54, 1.807) is 12.1 Å². The van der Waals surface area contributed by atoms with Crippen LogP contribution in [0.4, 0.5) is 8.78 Å². The lowest BCUT2D eigenvalue weighted by atomic mass is 10.1. The van der Waals surface area contributed by atoms with Gasteiger partial charge in [0.05, 0.1) is 17.7 Å². The van der Waals surface area contributed by atoms with Gasteiger partial charge < -0.3 is 0 Å². The molecule has 0 aliphatic carbocycles. The molecule has 0 saturated heterocycles. The Morgan fingerprint density at radius 2 is 1.67 bits per heavy atom. The van der Waals surface area contributed by atoms with Crippen LogP contribution in [0.5, 0.6) is 0 Å². The maximum absolute atomic E-state index is 13.4. The molecule has 0 N–H and O–H groups in total. The van der Waals surface area contributed by atoms with Gasteiger partial charge in [0.2, 0.25) is 0 Å². The van der Waals surface area contributed by atoms with Crippen LogP contribution in [0.2, 0.25) is 0 Å². The molecule has 0 spiro atoms. The summed E-state index contributed by atoms with van der Waals surface area (Å²) in [5.74, 6) is -4.95. The van der Waals surface area contributed by atoms with Crippen molar-refractivity contribution >= 4 is 40.9 Å². The molecule has 0 fully saturated rings. The lowest BCUT2D eigenvalue weighted by Crippen LogP contribution is -2.43. The molecule has 2 amide bonds. The van der Waals surface area contributed by atoms with Gasteiger partial charge in [-0.3, -0.25) is 14.5 Å². The maximum atomic E-state index is 13.4. The maximum Gasteiger partial charge on any atom is 0.306 e. The van der Waals surface area contributed by atoms with Crippen molar-refractivity contribution in [1.29, 1.82) is 0 Å². The summed E-state index contributed by atoms with van der Waals surface area (Å²) in [4.78, 5) is 24.1. The minimum atomic E-state index is -3.48. The number of fused-ring (bicyclic) bond motifs is 1. The third kappa shape index (κ3) is 2.04. The molecule has 0 radical (unpaired) electrons. The fourth-order valence-corrected chi connectivity index (χ4v) is 1.78. The van der Waals surface area contributed by atoms with Crippen LogP contribution in [-0.2, 0) is 0 Å². The molecule has 3 nitrogen and oxygen atoms in total. The Balaban J connectivity index is 2.32. The van der Waals surface area contributed by atoms with Crippen molar-refractivity contribution in [3.63, 3.8) is 0 Å². The number of thiol groups is 1. The average molecular weight is 287 g/mol. The number of imide groups is 1. The third-order valence-electron chi connectivity index (χ3n) is 2.55. The molecule has 1 aromatic rings. The second kappa shape index (κ2) is 4.40. The molecule has 0 unspecified atom stereocenters. The van der Waals surface area contributed by atoms with Crippen LogP contribution in [0.1, 0.15) is 20.7 Å². The van der Waals surface area contributed by atoms with E-state index in [9.17, 15) is 18.4 Å². The topological polar surface area (TPSA) is 37.4 Å². The smallest absolute Gasteiger partial charge is 0.269 e. The molecule has 0 atom stereocenters. The normalized spacial score (nSPS) is 14.9. The monoisotopic (exact) mass is 287 g/mol. The molecular formula is C11H7F2NO2S2. The highest BCUT2D eigenvalue weighted by molar-refractivity contribution is 8.11. The van der Waals surface area contributed by atoms with Crippen LogP contribution >= 0.6 is 24.8 Å². The zero-order valence-corrected chi connectivity index (χ0v) is 10.6. The van der Waals surface area contributed by atoms with Crippen LogP contribution in [0.3, 0.4) is 0 Å². The number of nitrogens with zero attached hydrogens (tertiary/aromatic N) is 1. The van der Waals surface area contributed by atoms with E-state index in [4.69, 9.17) is 0 Å². The minimum Gasteiger partial charge on any atom is -0.269 e. The molecule has 1 aromatic carbocycles. The Hall–Kier alpha value is -1.34. The van der Waals surface area contributed by atoms with E-state index < -0.39 is 28.5 Å². The number of hydrogen-bond donors (Lipinski definition) is 1. The first-order valence-corrected chi connectivity index (χ1v) is 5.76. The Bertz CT molecular complexity index is 525. The quantitative estimate of drug-likeness (QED) is 0.526.